The van der Waals surface area contributed by atoms with Crippen LogP contribution in [0.2, 0.25) is 0 Å². The molecule has 2 heteroatoms. The molecule has 0 heterocycles. The van der Waals surface area contributed by atoms with E-state index in [1.807, 2.05) is 0 Å². The van der Waals surface area contributed by atoms with E-state index in [4.69, 9.17) is 0 Å². The molecule has 1 rings (SSSR count). The average Bonchev–Trinajstić information content (AvgIpc) is 2.20. The van der Waals surface area contributed by atoms with Crippen molar-refractivity contribution in [3.05, 3.63) is 30.3 Å². The summed E-state index contributed by atoms with van der Waals surface area (Å²) in [5.74, 6) is 0. The summed E-state index contributed by atoms with van der Waals surface area (Å²) in [5, 5.41) is 0. The third-order valence-electron chi connectivity index (χ3n) is 2.15. The molecule has 0 atom stereocenters. The summed E-state index contributed by atoms with van der Waals surface area (Å²) in [5.41, 5.74) is 1.30. The summed E-state index contributed by atoms with van der Waals surface area (Å²) in [6, 6.07) is 10.5. The Hall–Kier alpha value is -0.755. The Morgan fingerprint density at radius 1 is 1.00 bits per heavy atom. The van der Waals surface area contributed by atoms with Gasteiger partial charge >= 0.3 is 0 Å². The number of hydrogen-bond acceptors (Lipinski definition) is 1. The highest BCUT2D eigenvalue weighted by atomic mass is 15.0. The van der Waals surface area contributed by atoms with Crippen molar-refractivity contribution in [3.8, 4) is 0 Å². The second-order valence-corrected chi connectivity index (χ2v) is 3.58. The Balaban J connectivity index is 2.46. The first-order valence-corrected chi connectivity index (χ1v) is 5.50. The molecule has 0 aliphatic heterocycles. The summed E-state index contributed by atoms with van der Waals surface area (Å²) in [6.07, 6.45) is 2.42. The maximum Gasteiger partial charge on any atom is 0.247 e. The van der Waals surface area contributed by atoms with E-state index in [0.29, 0.717) is 0 Å². The first-order chi connectivity index (χ1) is 6.86. The fraction of sp³-hybridized carbons (Fsp3) is 0.500. The zero-order valence-corrected chi connectivity index (χ0v) is 9.24. The molecule has 0 aliphatic carbocycles. The fourth-order valence-corrected chi connectivity index (χ4v) is 1.57. The Kier molecular flexibility index (Phi) is 5.39. The largest absolute Gasteiger partial charge is 0.342 e. The van der Waals surface area contributed by atoms with Gasteiger partial charge in [-0.15, -0.1) is 0 Å². The van der Waals surface area contributed by atoms with Crippen molar-refractivity contribution in [2.24, 2.45) is 0 Å². The molecular weight excluding hydrogens is 169 g/mol. The van der Waals surface area contributed by atoms with Gasteiger partial charge in [0.25, 0.3) is 0 Å². The Morgan fingerprint density at radius 2 is 1.57 bits per heavy atom. The van der Waals surface area contributed by atoms with Crippen LogP contribution in [0.15, 0.2) is 30.3 Å². The molecule has 1 nitrogen and oxygen atoms in total. The van der Waals surface area contributed by atoms with Gasteiger partial charge in [-0.2, -0.15) is 0 Å². The average molecular weight is 188 g/mol. The molecule has 1 aromatic rings. The van der Waals surface area contributed by atoms with Gasteiger partial charge in [-0.1, -0.05) is 49.6 Å². The number of nitrogens with zero attached hydrogens (tertiary/aromatic N) is 1. The molecule has 0 N–H and O–H groups in total. The summed E-state index contributed by atoms with van der Waals surface area (Å²) in [7, 11) is 2.26. The second-order valence-electron chi connectivity index (χ2n) is 3.58. The molecular formula is C12H19BN. The van der Waals surface area contributed by atoms with Crippen LogP contribution in [0.1, 0.15) is 26.7 Å². The van der Waals surface area contributed by atoms with Crippen LogP contribution >= 0.6 is 0 Å². The lowest BCUT2D eigenvalue weighted by Gasteiger charge is -2.19. The molecule has 0 unspecified atom stereocenters. The minimum Gasteiger partial charge on any atom is -0.342 e. The van der Waals surface area contributed by atoms with E-state index in [-0.39, 0.29) is 0 Å². The maximum absolute atomic E-state index is 2.40. The van der Waals surface area contributed by atoms with Crippen LogP contribution in [0.5, 0.6) is 0 Å². The lowest BCUT2D eigenvalue weighted by atomic mass is 9.80. The van der Waals surface area contributed by atoms with Crippen LogP contribution in [-0.2, 0) is 0 Å². The molecule has 0 aromatic heterocycles. The molecule has 0 fully saturated rings. The van der Waals surface area contributed by atoms with Crippen molar-refractivity contribution in [2.45, 2.75) is 26.7 Å². The highest BCUT2D eigenvalue weighted by Gasteiger charge is 2.05. The van der Waals surface area contributed by atoms with E-state index >= 15 is 0 Å². The van der Waals surface area contributed by atoms with E-state index in [0.717, 1.165) is 13.1 Å². The fourth-order valence-electron chi connectivity index (χ4n) is 1.57. The lowest BCUT2D eigenvalue weighted by Crippen LogP contribution is -2.36. The molecule has 75 valence electrons. The molecule has 0 saturated carbocycles. The van der Waals surface area contributed by atoms with Gasteiger partial charge in [0, 0.05) is 0 Å². The standard InChI is InChI=1S/C12H19BN/c1-3-10-14(11-4-2)13-12-8-6-5-7-9-12/h5-9H,3-4,10-11H2,1-2H3. The van der Waals surface area contributed by atoms with Crippen LogP contribution in [0.25, 0.3) is 0 Å². The Morgan fingerprint density at radius 3 is 2.07 bits per heavy atom. The van der Waals surface area contributed by atoms with Crippen LogP contribution in [0, 0.1) is 0 Å². The Labute approximate surface area is 88.4 Å². The summed E-state index contributed by atoms with van der Waals surface area (Å²) in [4.78, 5) is 2.40. The first-order valence-electron chi connectivity index (χ1n) is 5.50. The highest BCUT2D eigenvalue weighted by molar-refractivity contribution is 6.50. The predicted molar refractivity (Wildman–Crippen MR) is 64.0 cm³/mol. The first kappa shape index (κ1) is 11.3. The van der Waals surface area contributed by atoms with E-state index < -0.39 is 0 Å². The summed E-state index contributed by atoms with van der Waals surface area (Å²) < 4.78 is 0. The van der Waals surface area contributed by atoms with Crippen LogP contribution in [0.3, 0.4) is 0 Å². The topological polar surface area (TPSA) is 3.24 Å². The maximum atomic E-state index is 2.40. The van der Waals surface area contributed by atoms with Gasteiger partial charge in [0.1, 0.15) is 0 Å². The van der Waals surface area contributed by atoms with E-state index in [2.05, 4.69) is 56.4 Å². The van der Waals surface area contributed by atoms with E-state index in [1.54, 1.807) is 0 Å². The van der Waals surface area contributed by atoms with E-state index in [1.165, 1.54) is 18.3 Å². The van der Waals surface area contributed by atoms with Gasteiger partial charge in [-0.05, 0) is 25.9 Å². The van der Waals surface area contributed by atoms with Crippen LogP contribution in [0.4, 0.5) is 0 Å². The molecule has 0 spiro atoms. The summed E-state index contributed by atoms with van der Waals surface area (Å²) >= 11 is 0. The van der Waals surface area contributed by atoms with Crippen molar-refractivity contribution in [2.75, 3.05) is 13.1 Å². The second kappa shape index (κ2) is 6.66. The van der Waals surface area contributed by atoms with Crippen molar-refractivity contribution >= 4 is 12.9 Å². The third-order valence-corrected chi connectivity index (χ3v) is 2.15. The zero-order valence-electron chi connectivity index (χ0n) is 9.24. The van der Waals surface area contributed by atoms with Crippen LogP contribution in [-0.4, -0.2) is 25.3 Å². The third kappa shape index (κ3) is 3.97. The predicted octanol–water partition coefficient (Wildman–Crippen LogP) is 2.05. The zero-order chi connectivity index (χ0) is 10.2. The molecule has 0 saturated heterocycles. The quantitative estimate of drug-likeness (QED) is 0.617. The molecule has 0 aliphatic rings. The van der Waals surface area contributed by atoms with Crippen molar-refractivity contribution < 1.29 is 0 Å². The van der Waals surface area contributed by atoms with Crippen molar-refractivity contribution in [1.29, 1.82) is 0 Å². The van der Waals surface area contributed by atoms with E-state index in [9.17, 15) is 0 Å². The molecule has 0 bridgehead atoms. The molecule has 0 amide bonds. The smallest absolute Gasteiger partial charge is 0.247 e. The molecule has 1 aromatic carbocycles. The van der Waals surface area contributed by atoms with Gasteiger partial charge in [-0.25, -0.2) is 0 Å². The van der Waals surface area contributed by atoms with Gasteiger partial charge in [0.05, 0.1) is 0 Å². The minimum atomic E-state index is 1.16. The summed E-state index contributed by atoms with van der Waals surface area (Å²) in [6.45, 7) is 6.76. The lowest BCUT2D eigenvalue weighted by molar-refractivity contribution is 0.445. The van der Waals surface area contributed by atoms with Gasteiger partial charge < -0.3 is 4.81 Å². The van der Waals surface area contributed by atoms with Crippen molar-refractivity contribution in [3.63, 3.8) is 0 Å². The highest BCUT2D eigenvalue weighted by Crippen LogP contribution is 1.92. The molecule has 14 heavy (non-hydrogen) atoms. The van der Waals surface area contributed by atoms with Gasteiger partial charge in [0.15, 0.2) is 0 Å². The molecule has 1 radical (unpaired) electrons. The number of hydrogen-bond donors (Lipinski definition) is 0. The normalized spacial score (nSPS) is 10.5. The monoisotopic (exact) mass is 188 g/mol. The van der Waals surface area contributed by atoms with Gasteiger partial charge in [-0.3, -0.25) is 0 Å². The SMILES string of the molecule is CCCN([B]c1ccccc1)CCC. The number of benzene rings is 1. The van der Waals surface area contributed by atoms with Crippen LogP contribution < -0.4 is 5.46 Å². The Bertz CT molecular complexity index is 229. The minimum absolute atomic E-state index is 1.16. The number of rotatable bonds is 6. The van der Waals surface area contributed by atoms with Crippen molar-refractivity contribution in [1.82, 2.24) is 4.81 Å². The van der Waals surface area contributed by atoms with Gasteiger partial charge in [0.2, 0.25) is 7.41 Å².